The van der Waals surface area contributed by atoms with Crippen LogP contribution in [0.4, 0.5) is 0 Å². The summed E-state index contributed by atoms with van der Waals surface area (Å²) in [5.41, 5.74) is -0.460. The van der Waals surface area contributed by atoms with Crippen molar-refractivity contribution in [2.45, 2.75) is 58.5 Å². The van der Waals surface area contributed by atoms with Gasteiger partial charge in [-0.05, 0) is 46.0 Å². The van der Waals surface area contributed by atoms with Gasteiger partial charge in [-0.15, -0.1) is 0 Å². The van der Waals surface area contributed by atoms with E-state index in [1.54, 1.807) is 0 Å². The first-order valence-electron chi connectivity index (χ1n) is 6.22. The zero-order chi connectivity index (χ0) is 13.1. The Morgan fingerprint density at radius 2 is 1.94 bits per heavy atom. The summed E-state index contributed by atoms with van der Waals surface area (Å²) >= 11 is 0. The normalized spacial score (nSPS) is 25.4. The van der Waals surface area contributed by atoms with E-state index in [1.807, 2.05) is 20.8 Å². The summed E-state index contributed by atoms with van der Waals surface area (Å²) in [4.78, 5) is 22.5. The smallest absolute Gasteiger partial charge is 0.306 e. The molecule has 1 fully saturated rings. The first-order chi connectivity index (χ1) is 7.78. The largest absolute Gasteiger partial charge is 0.481 e. The molecule has 1 aliphatic rings. The van der Waals surface area contributed by atoms with Crippen LogP contribution in [0, 0.1) is 11.8 Å². The van der Waals surface area contributed by atoms with Gasteiger partial charge in [0.05, 0.1) is 5.92 Å². The standard InChI is InChI=1S/C13H22O4/c1-13(2,3)17-11(14)8-9-5-4-6-10(7-9)12(15)16/h9-10H,4-8H2,1-3H3,(H,15,16)/t9-,10+/m0/s1. The molecule has 1 rings (SSSR count). The van der Waals surface area contributed by atoms with Gasteiger partial charge in [-0.1, -0.05) is 6.42 Å². The fourth-order valence-corrected chi connectivity index (χ4v) is 2.32. The van der Waals surface area contributed by atoms with E-state index in [0.717, 1.165) is 19.3 Å². The maximum atomic E-state index is 11.6. The first-order valence-corrected chi connectivity index (χ1v) is 6.22. The third-order valence-corrected chi connectivity index (χ3v) is 3.01. The lowest BCUT2D eigenvalue weighted by Crippen LogP contribution is -2.28. The van der Waals surface area contributed by atoms with Crippen LogP contribution in [0.25, 0.3) is 0 Å². The highest BCUT2D eigenvalue weighted by molar-refractivity contribution is 5.71. The number of ether oxygens (including phenoxy) is 1. The molecule has 0 spiro atoms. The van der Waals surface area contributed by atoms with E-state index >= 15 is 0 Å². The summed E-state index contributed by atoms with van der Waals surface area (Å²) < 4.78 is 5.25. The van der Waals surface area contributed by atoms with Crippen molar-refractivity contribution in [2.75, 3.05) is 0 Å². The van der Waals surface area contributed by atoms with Gasteiger partial charge in [-0.25, -0.2) is 0 Å². The zero-order valence-corrected chi connectivity index (χ0v) is 10.9. The number of carboxylic acids is 1. The summed E-state index contributed by atoms with van der Waals surface area (Å²) in [5.74, 6) is -1.07. The molecule has 0 aromatic heterocycles. The molecule has 0 aliphatic heterocycles. The van der Waals surface area contributed by atoms with E-state index in [4.69, 9.17) is 9.84 Å². The van der Waals surface area contributed by atoms with Gasteiger partial charge in [-0.3, -0.25) is 9.59 Å². The van der Waals surface area contributed by atoms with E-state index in [9.17, 15) is 9.59 Å². The monoisotopic (exact) mass is 242 g/mol. The molecule has 17 heavy (non-hydrogen) atoms. The van der Waals surface area contributed by atoms with Crippen LogP contribution in [0.5, 0.6) is 0 Å². The number of hydrogen-bond acceptors (Lipinski definition) is 3. The zero-order valence-electron chi connectivity index (χ0n) is 10.9. The SMILES string of the molecule is CC(C)(C)OC(=O)C[C@H]1CCC[C@@H](C(=O)O)C1. The molecule has 0 heterocycles. The molecule has 1 saturated carbocycles. The number of aliphatic carboxylic acids is 1. The summed E-state index contributed by atoms with van der Waals surface area (Å²) in [6.45, 7) is 5.52. The molecule has 4 heteroatoms. The number of carbonyl (C=O) groups excluding carboxylic acids is 1. The molecular weight excluding hydrogens is 220 g/mol. The molecule has 2 atom stereocenters. The van der Waals surface area contributed by atoms with E-state index in [1.165, 1.54) is 0 Å². The maximum Gasteiger partial charge on any atom is 0.306 e. The Hall–Kier alpha value is -1.06. The second-order valence-corrected chi connectivity index (χ2v) is 5.86. The third kappa shape index (κ3) is 5.20. The second kappa shape index (κ2) is 5.52. The van der Waals surface area contributed by atoms with Crippen molar-refractivity contribution in [1.29, 1.82) is 0 Å². The van der Waals surface area contributed by atoms with Gasteiger partial charge in [0.25, 0.3) is 0 Å². The van der Waals surface area contributed by atoms with Gasteiger partial charge < -0.3 is 9.84 Å². The van der Waals surface area contributed by atoms with Gasteiger partial charge in [0, 0.05) is 6.42 Å². The minimum absolute atomic E-state index is 0.166. The molecule has 0 aromatic rings. The van der Waals surface area contributed by atoms with E-state index < -0.39 is 11.6 Å². The van der Waals surface area contributed by atoms with Crippen molar-refractivity contribution in [3.8, 4) is 0 Å². The van der Waals surface area contributed by atoms with E-state index in [0.29, 0.717) is 12.8 Å². The second-order valence-electron chi connectivity index (χ2n) is 5.86. The Bertz CT molecular complexity index is 290. The molecule has 0 bridgehead atoms. The third-order valence-electron chi connectivity index (χ3n) is 3.01. The number of rotatable bonds is 3. The lowest BCUT2D eigenvalue weighted by Gasteiger charge is -2.27. The van der Waals surface area contributed by atoms with Gasteiger partial charge in [-0.2, -0.15) is 0 Å². The summed E-state index contributed by atoms with van der Waals surface area (Å²) in [6.07, 6.45) is 3.52. The van der Waals surface area contributed by atoms with Crippen LogP contribution < -0.4 is 0 Å². The number of carboxylic acid groups (broad SMARTS) is 1. The first kappa shape index (κ1) is 14.0. The molecule has 0 aromatic carbocycles. The number of carbonyl (C=O) groups is 2. The van der Waals surface area contributed by atoms with E-state index in [2.05, 4.69) is 0 Å². The number of esters is 1. The minimum Gasteiger partial charge on any atom is -0.481 e. The Kier molecular flexibility index (Phi) is 4.54. The molecule has 1 aliphatic carbocycles. The van der Waals surface area contributed by atoms with Crippen molar-refractivity contribution in [3.05, 3.63) is 0 Å². The summed E-state index contributed by atoms with van der Waals surface area (Å²) in [6, 6.07) is 0. The Morgan fingerprint density at radius 3 is 2.47 bits per heavy atom. The highest BCUT2D eigenvalue weighted by Gasteiger charge is 2.29. The van der Waals surface area contributed by atoms with Crippen molar-refractivity contribution < 1.29 is 19.4 Å². The molecule has 98 valence electrons. The average molecular weight is 242 g/mol. The molecule has 0 saturated heterocycles. The van der Waals surface area contributed by atoms with Crippen LogP contribution in [-0.4, -0.2) is 22.6 Å². The molecule has 4 nitrogen and oxygen atoms in total. The number of hydrogen-bond donors (Lipinski definition) is 1. The molecule has 0 amide bonds. The van der Waals surface area contributed by atoms with Crippen molar-refractivity contribution in [1.82, 2.24) is 0 Å². The maximum absolute atomic E-state index is 11.6. The van der Waals surface area contributed by atoms with Gasteiger partial charge in [0.15, 0.2) is 0 Å². The van der Waals surface area contributed by atoms with Crippen LogP contribution in [0.1, 0.15) is 52.9 Å². The lowest BCUT2D eigenvalue weighted by molar-refractivity contribution is -0.157. The Morgan fingerprint density at radius 1 is 1.29 bits per heavy atom. The van der Waals surface area contributed by atoms with Crippen molar-refractivity contribution in [2.24, 2.45) is 11.8 Å². The van der Waals surface area contributed by atoms with Crippen molar-refractivity contribution >= 4 is 11.9 Å². The van der Waals surface area contributed by atoms with Crippen LogP contribution in [0.3, 0.4) is 0 Å². The fraction of sp³-hybridized carbons (Fsp3) is 0.846. The van der Waals surface area contributed by atoms with Gasteiger partial charge in [0.1, 0.15) is 5.60 Å². The van der Waals surface area contributed by atoms with Crippen LogP contribution in [0.15, 0.2) is 0 Å². The quantitative estimate of drug-likeness (QED) is 0.773. The summed E-state index contributed by atoms with van der Waals surface area (Å²) in [5, 5.41) is 8.96. The average Bonchev–Trinajstić information content (AvgIpc) is 2.14. The predicted octanol–water partition coefficient (Wildman–Crippen LogP) is 2.61. The van der Waals surface area contributed by atoms with E-state index in [-0.39, 0.29) is 17.8 Å². The van der Waals surface area contributed by atoms with Gasteiger partial charge >= 0.3 is 11.9 Å². The minimum atomic E-state index is -0.737. The van der Waals surface area contributed by atoms with Gasteiger partial charge in [0.2, 0.25) is 0 Å². The van der Waals surface area contributed by atoms with Crippen LogP contribution in [0.2, 0.25) is 0 Å². The molecule has 0 unspecified atom stereocenters. The van der Waals surface area contributed by atoms with Crippen LogP contribution in [-0.2, 0) is 14.3 Å². The summed E-state index contributed by atoms with van der Waals surface area (Å²) in [7, 11) is 0. The highest BCUT2D eigenvalue weighted by Crippen LogP contribution is 2.31. The van der Waals surface area contributed by atoms with Crippen molar-refractivity contribution in [3.63, 3.8) is 0 Å². The topological polar surface area (TPSA) is 63.6 Å². The highest BCUT2D eigenvalue weighted by atomic mass is 16.6. The molecule has 0 radical (unpaired) electrons. The lowest BCUT2D eigenvalue weighted by atomic mass is 9.80. The molecular formula is C13H22O4. The Labute approximate surface area is 102 Å². The fourth-order valence-electron chi connectivity index (χ4n) is 2.32. The Balaban J connectivity index is 2.41. The van der Waals surface area contributed by atoms with Crippen LogP contribution >= 0.6 is 0 Å². The molecule has 1 N–H and O–H groups in total. The predicted molar refractivity (Wildman–Crippen MR) is 63.5 cm³/mol.